The van der Waals surface area contributed by atoms with E-state index < -0.39 is 17.4 Å². The predicted octanol–water partition coefficient (Wildman–Crippen LogP) is 7.44. The van der Waals surface area contributed by atoms with E-state index in [0.717, 1.165) is 39.8 Å². The van der Waals surface area contributed by atoms with Gasteiger partial charge in [0.1, 0.15) is 5.58 Å². The number of halogens is 3. The molecular formula is C26H21F3O2. The second-order valence-corrected chi connectivity index (χ2v) is 8.60. The van der Waals surface area contributed by atoms with E-state index in [1.807, 2.05) is 36.4 Å². The molecule has 0 spiro atoms. The van der Waals surface area contributed by atoms with Crippen LogP contribution in [0.1, 0.15) is 31.9 Å². The van der Waals surface area contributed by atoms with Crippen molar-refractivity contribution in [2.45, 2.75) is 32.4 Å². The molecule has 5 heteroatoms. The molecule has 0 radical (unpaired) electrons. The second-order valence-electron chi connectivity index (χ2n) is 8.60. The van der Waals surface area contributed by atoms with Crippen LogP contribution >= 0.6 is 0 Å². The van der Waals surface area contributed by atoms with Crippen LogP contribution in [0.2, 0.25) is 0 Å². The van der Waals surface area contributed by atoms with Gasteiger partial charge in [0.25, 0.3) is 0 Å². The molecule has 0 fully saturated rings. The van der Waals surface area contributed by atoms with Crippen molar-refractivity contribution in [1.82, 2.24) is 0 Å². The third kappa shape index (κ3) is 4.26. The molecule has 0 N–H and O–H groups in total. The van der Waals surface area contributed by atoms with E-state index in [1.165, 1.54) is 18.2 Å². The fourth-order valence-corrected chi connectivity index (χ4v) is 3.59. The average molecular weight is 422 g/mol. The summed E-state index contributed by atoms with van der Waals surface area (Å²) in [5.41, 5.74) is 3.33. The van der Waals surface area contributed by atoms with Gasteiger partial charge >= 0.3 is 11.8 Å². The van der Waals surface area contributed by atoms with Crippen molar-refractivity contribution >= 4 is 11.0 Å². The van der Waals surface area contributed by atoms with Gasteiger partial charge in [-0.2, -0.15) is 13.2 Å². The molecule has 0 atom stereocenters. The third-order valence-corrected chi connectivity index (χ3v) is 5.33. The Hall–Kier alpha value is -3.34. The summed E-state index contributed by atoms with van der Waals surface area (Å²) in [4.78, 5) is 12.2. The standard InChI is InChI=1S/C26H21F3O2/c1-25(2,3)20-11-12-23-22(14-20)21(15-24(30)31-23)18-6-4-5-17(13-18)16-7-9-19(10-8-16)26(27,28)29/h4-15H,1-3H3. The van der Waals surface area contributed by atoms with E-state index in [4.69, 9.17) is 4.42 Å². The summed E-state index contributed by atoms with van der Waals surface area (Å²) in [6.07, 6.45) is -4.37. The quantitative estimate of drug-likeness (QED) is 0.314. The zero-order chi connectivity index (χ0) is 22.4. The van der Waals surface area contributed by atoms with E-state index in [-0.39, 0.29) is 5.41 Å². The van der Waals surface area contributed by atoms with Crippen molar-refractivity contribution in [1.29, 1.82) is 0 Å². The van der Waals surface area contributed by atoms with Gasteiger partial charge in [0.05, 0.1) is 5.56 Å². The van der Waals surface area contributed by atoms with Gasteiger partial charge in [0.15, 0.2) is 0 Å². The van der Waals surface area contributed by atoms with E-state index in [2.05, 4.69) is 20.8 Å². The number of benzene rings is 3. The second kappa shape index (κ2) is 7.41. The van der Waals surface area contributed by atoms with Crippen LogP contribution in [0.3, 0.4) is 0 Å². The molecule has 1 aromatic heterocycles. The van der Waals surface area contributed by atoms with Crippen LogP contribution in [0.5, 0.6) is 0 Å². The van der Waals surface area contributed by atoms with Crippen LogP contribution < -0.4 is 5.63 Å². The molecule has 4 aromatic rings. The lowest BCUT2D eigenvalue weighted by Crippen LogP contribution is -2.11. The maximum Gasteiger partial charge on any atom is 0.416 e. The van der Waals surface area contributed by atoms with Crippen LogP contribution in [0.25, 0.3) is 33.2 Å². The number of hydrogen-bond donors (Lipinski definition) is 0. The molecule has 31 heavy (non-hydrogen) atoms. The Bertz CT molecular complexity index is 1310. The Balaban J connectivity index is 1.85. The molecule has 2 nitrogen and oxygen atoms in total. The molecule has 0 aliphatic rings. The number of fused-ring (bicyclic) bond motifs is 1. The normalized spacial score (nSPS) is 12.3. The average Bonchev–Trinajstić information content (AvgIpc) is 2.71. The van der Waals surface area contributed by atoms with E-state index in [1.54, 1.807) is 6.07 Å². The lowest BCUT2D eigenvalue weighted by atomic mass is 9.85. The Morgan fingerprint density at radius 3 is 2.00 bits per heavy atom. The molecule has 158 valence electrons. The van der Waals surface area contributed by atoms with Crippen molar-refractivity contribution < 1.29 is 17.6 Å². The summed E-state index contributed by atoms with van der Waals surface area (Å²) in [6.45, 7) is 6.33. The Labute approximate surface area is 178 Å². The van der Waals surface area contributed by atoms with Gasteiger partial charge in [-0.25, -0.2) is 4.79 Å². The third-order valence-electron chi connectivity index (χ3n) is 5.33. The topological polar surface area (TPSA) is 30.2 Å². The van der Waals surface area contributed by atoms with Crippen LogP contribution in [0, 0.1) is 0 Å². The summed E-state index contributed by atoms with van der Waals surface area (Å²) in [5.74, 6) is 0. The minimum atomic E-state index is -4.37. The first-order chi connectivity index (χ1) is 14.5. The van der Waals surface area contributed by atoms with Crippen LogP contribution in [0.4, 0.5) is 13.2 Å². The van der Waals surface area contributed by atoms with Crippen LogP contribution in [0.15, 0.2) is 82.0 Å². The van der Waals surface area contributed by atoms with Gasteiger partial charge in [-0.1, -0.05) is 57.2 Å². The SMILES string of the molecule is CC(C)(C)c1ccc2oc(=O)cc(-c3cccc(-c4ccc(C(F)(F)F)cc4)c3)c2c1. The molecule has 4 rings (SSSR count). The Morgan fingerprint density at radius 1 is 0.710 bits per heavy atom. The molecule has 3 aromatic carbocycles. The van der Waals surface area contributed by atoms with E-state index in [0.29, 0.717) is 11.1 Å². The number of alkyl halides is 3. The van der Waals surface area contributed by atoms with Crippen molar-refractivity contribution in [2.24, 2.45) is 0 Å². The van der Waals surface area contributed by atoms with Crippen molar-refractivity contribution in [2.75, 3.05) is 0 Å². The highest BCUT2D eigenvalue weighted by atomic mass is 19.4. The van der Waals surface area contributed by atoms with Crippen LogP contribution in [-0.4, -0.2) is 0 Å². The Kier molecular flexibility index (Phi) is 5.00. The molecule has 0 aliphatic heterocycles. The zero-order valence-corrected chi connectivity index (χ0v) is 17.4. The van der Waals surface area contributed by atoms with Gasteiger partial charge in [0, 0.05) is 11.5 Å². The lowest BCUT2D eigenvalue weighted by molar-refractivity contribution is -0.137. The summed E-state index contributed by atoms with van der Waals surface area (Å²) in [6, 6.07) is 19.7. The van der Waals surface area contributed by atoms with Gasteiger partial charge in [-0.05, 0) is 63.6 Å². The highest BCUT2D eigenvalue weighted by Gasteiger charge is 2.30. The van der Waals surface area contributed by atoms with Crippen molar-refractivity contribution in [3.05, 3.63) is 94.3 Å². The van der Waals surface area contributed by atoms with Gasteiger partial charge in [-0.15, -0.1) is 0 Å². The van der Waals surface area contributed by atoms with Crippen LogP contribution in [-0.2, 0) is 11.6 Å². The number of hydrogen-bond acceptors (Lipinski definition) is 2. The highest BCUT2D eigenvalue weighted by molar-refractivity contribution is 5.94. The first-order valence-electron chi connectivity index (χ1n) is 9.89. The zero-order valence-electron chi connectivity index (χ0n) is 17.4. The minimum absolute atomic E-state index is 0.0797. The molecule has 0 aliphatic carbocycles. The smallest absolute Gasteiger partial charge is 0.416 e. The lowest BCUT2D eigenvalue weighted by Gasteiger charge is -2.20. The van der Waals surface area contributed by atoms with Gasteiger partial charge in [0.2, 0.25) is 0 Å². The maximum atomic E-state index is 12.9. The fourth-order valence-electron chi connectivity index (χ4n) is 3.59. The summed E-state index contributed by atoms with van der Waals surface area (Å²) in [7, 11) is 0. The molecule has 0 unspecified atom stereocenters. The summed E-state index contributed by atoms with van der Waals surface area (Å²) >= 11 is 0. The number of rotatable bonds is 2. The minimum Gasteiger partial charge on any atom is -0.423 e. The first kappa shape index (κ1) is 20.9. The monoisotopic (exact) mass is 422 g/mol. The maximum absolute atomic E-state index is 12.9. The molecule has 0 saturated heterocycles. The van der Waals surface area contributed by atoms with Gasteiger partial charge < -0.3 is 4.42 Å². The Morgan fingerprint density at radius 2 is 1.35 bits per heavy atom. The van der Waals surface area contributed by atoms with E-state index in [9.17, 15) is 18.0 Å². The summed E-state index contributed by atoms with van der Waals surface area (Å²) in [5, 5.41) is 0.816. The van der Waals surface area contributed by atoms with Gasteiger partial charge in [-0.3, -0.25) is 0 Å². The molecular weight excluding hydrogens is 401 g/mol. The molecule has 0 amide bonds. The molecule has 1 heterocycles. The van der Waals surface area contributed by atoms with E-state index >= 15 is 0 Å². The molecule has 0 saturated carbocycles. The summed E-state index contributed by atoms with van der Waals surface area (Å²) < 4.78 is 44.0. The first-order valence-corrected chi connectivity index (χ1v) is 9.89. The molecule has 0 bridgehead atoms. The van der Waals surface area contributed by atoms with Crippen molar-refractivity contribution in [3.63, 3.8) is 0 Å². The predicted molar refractivity (Wildman–Crippen MR) is 117 cm³/mol. The highest BCUT2D eigenvalue weighted by Crippen LogP contribution is 2.35. The fraction of sp³-hybridized carbons (Fsp3) is 0.192. The van der Waals surface area contributed by atoms with Crippen molar-refractivity contribution in [3.8, 4) is 22.3 Å². The largest absolute Gasteiger partial charge is 0.423 e.